The Labute approximate surface area is 160 Å². The molecule has 2 aromatic carbocycles. The van der Waals surface area contributed by atoms with Crippen LogP contribution >= 0.6 is 0 Å². The molecule has 0 radical (unpaired) electrons. The van der Waals surface area contributed by atoms with Crippen molar-refractivity contribution in [2.24, 2.45) is 11.1 Å². The van der Waals surface area contributed by atoms with E-state index in [1.165, 1.54) is 0 Å². The Morgan fingerprint density at radius 2 is 1.74 bits per heavy atom. The second-order valence-electron chi connectivity index (χ2n) is 7.89. The summed E-state index contributed by atoms with van der Waals surface area (Å²) in [5, 5.41) is 0. The lowest BCUT2D eigenvalue weighted by atomic mass is 9.79. The molecule has 27 heavy (non-hydrogen) atoms. The van der Waals surface area contributed by atoms with Crippen molar-refractivity contribution < 1.29 is 9.59 Å². The zero-order valence-corrected chi connectivity index (χ0v) is 16.2. The maximum atomic E-state index is 13.0. The molecule has 2 amide bonds. The molecule has 1 heterocycles. The number of piperidine rings is 1. The summed E-state index contributed by atoms with van der Waals surface area (Å²) in [6, 6.07) is 16.5. The summed E-state index contributed by atoms with van der Waals surface area (Å²) < 4.78 is 0. The number of hydrogen-bond donors (Lipinski definition) is 1. The van der Waals surface area contributed by atoms with Crippen LogP contribution in [0.4, 0.5) is 5.69 Å². The quantitative estimate of drug-likeness (QED) is 0.908. The van der Waals surface area contributed by atoms with E-state index in [1.807, 2.05) is 35.2 Å². The first-order chi connectivity index (χ1) is 12.8. The van der Waals surface area contributed by atoms with Gasteiger partial charge in [-0.25, -0.2) is 0 Å². The van der Waals surface area contributed by atoms with Crippen LogP contribution in [0.1, 0.15) is 41.0 Å². The summed E-state index contributed by atoms with van der Waals surface area (Å²) in [5.41, 5.74) is 7.91. The summed E-state index contributed by atoms with van der Waals surface area (Å²) in [5.74, 6) is -0.191. The number of hydrogen-bond acceptors (Lipinski definition) is 3. The first-order valence-electron chi connectivity index (χ1n) is 9.27. The minimum Gasteiger partial charge on any atom is -0.338 e. The zero-order chi connectivity index (χ0) is 19.6. The number of carbonyl (C=O) groups is 2. The number of rotatable bonds is 3. The largest absolute Gasteiger partial charge is 0.338 e. The van der Waals surface area contributed by atoms with Crippen LogP contribution < -0.4 is 10.6 Å². The number of carbonyl (C=O) groups excluding carboxylic acids is 2. The molecule has 1 unspecified atom stereocenters. The minimum absolute atomic E-state index is 0.0491. The van der Waals surface area contributed by atoms with E-state index in [0.717, 1.165) is 12.1 Å². The molecule has 0 aromatic heterocycles. The topological polar surface area (TPSA) is 66.6 Å². The van der Waals surface area contributed by atoms with Gasteiger partial charge in [0.1, 0.15) is 0 Å². The van der Waals surface area contributed by atoms with Crippen molar-refractivity contribution >= 4 is 17.5 Å². The van der Waals surface area contributed by atoms with E-state index in [4.69, 9.17) is 5.73 Å². The lowest BCUT2D eigenvalue weighted by Gasteiger charge is -2.42. The fourth-order valence-corrected chi connectivity index (χ4v) is 3.48. The molecule has 142 valence electrons. The number of amides is 2. The van der Waals surface area contributed by atoms with Gasteiger partial charge in [0, 0.05) is 43.0 Å². The van der Waals surface area contributed by atoms with Gasteiger partial charge in [-0.1, -0.05) is 38.1 Å². The van der Waals surface area contributed by atoms with E-state index >= 15 is 0 Å². The van der Waals surface area contributed by atoms with Crippen molar-refractivity contribution in [3.63, 3.8) is 0 Å². The summed E-state index contributed by atoms with van der Waals surface area (Å²) in [7, 11) is 1.74. The second kappa shape index (κ2) is 7.53. The minimum atomic E-state index is -0.142. The van der Waals surface area contributed by atoms with E-state index in [2.05, 4.69) is 13.8 Å². The average Bonchev–Trinajstić information content (AvgIpc) is 2.69. The van der Waals surface area contributed by atoms with Gasteiger partial charge >= 0.3 is 0 Å². The van der Waals surface area contributed by atoms with Gasteiger partial charge in [-0.3, -0.25) is 9.59 Å². The molecule has 0 spiro atoms. The molecule has 2 aromatic rings. The standard InChI is InChI=1S/C22H27N3O2/c1-22(2)15-25(13-12-19(22)23)21(27)17-9-7-8-16(14-17)20(26)24(3)18-10-5-4-6-11-18/h4-11,14,19H,12-13,15,23H2,1-3H3. The maximum absolute atomic E-state index is 13.0. The third-order valence-corrected chi connectivity index (χ3v) is 5.40. The van der Waals surface area contributed by atoms with Gasteiger partial charge in [0.2, 0.25) is 0 Å². The van der Waals surface area contributed by atoms with Gasteiger partial charge < -0.3 is 15.5 Å². The number of nitrogens with two attached hydrogens (primary N) is 1. The Balaban J connectivity index is 1.79. The van der Waals surface area contributed by atoms with Gasteiger partial charge in [0.05, 0.1) is 0 Å². The van der Waals surface area contributed by atoms with Gasteiger partial charge in [-0.15, -0.1) is 0 Å². The molecule has 1 atom stereocenters. The van der Waals surface area contributed by atoms with Crippen molar-refractivity contribution in [1.82, 2.24) is 4.90 Å². The summed E-state index contributed by atoms with van der Waals surface area (Å²) in [4.78, 5) is 29.2. The van der Waals surface area contributed by atoms with E-state index in [-0.39, 0.29) is 23.3 Å². The first-order valence-corrected chi connectivity index (χ1v) is 9.27. The third kappa shape index (κ3) is 4.03. The van der Waals surface area contributed by atoms with E-state index in [1.54, 1.807) is 36.2 Å². The molecule has 0 bridgehead atoms. The predicted octanol–water partition coefficient (Wildman–Crippen LogP) is 3.16. The van der Waals surface area contributed by atoms with Crippen molar-refractivity contribution in [2.45, 2.75) is 26.3 Å². The number of likely N-dealkylation sites (tertiary alicyclic amines) is 1. The lowest BCUT2D eigenvalue weighted by Crippen LogP contribution is -2.54. The third-order valence-electron chi connectivity index (χ3n) is 5.40. The van der Waals surface area contributed by atoms with Crippen molar-refractivity contribution in [3.8, 4) is 0 Å². The average molecular weight is 365 g/mol. The molecular weight excluding hydrogens is 338 g/mol. The van der Waals surface area contributed by atoms with E-state index in [9.17, 15) is 9.59 Å². The van der Waals surface area contributed by atoms with Crippen LogP contribution in [0.5, 0.6) is 0 Å². The SMILES string of the molecule is CN(C(=O)c1cccc(C(=O)N2CCC(N)C(C)(C)C2)c1)c1ccccc1. The summed E-state index contributed by atoms with van der Waals surface area (Å²) >= 11 is 0. The van der Waals surface area contributed by atoms with Crippen LogP contribution in [0.2, 0.25) is 0 Å². The summed E-state index contributed by atoms with van der Waals surface area (Å²) in [6.07, 6.45) is 0.786. The number of anilines is 1. The lowest BCUT2D eigenvalue weighted by molar-refractivity contribution is 0.0533. The Morgan fingerprint density at radius 1 is 1.07 bits per heavy atom. The van der Waals surface area contributed by atoms with Gasteiger partial charge in [0.15, 0.2) is 0 Å². The molecule has 3 rings (SSSR count). The Morgan fingerprint density at radius 3 is 2.41 bits per heavy atom. The van der Waals surface area contributed by atoms with Gasteiger partial charge in [0.25, 0.3) is 11.8 Å². The van der Waals surface area contributed by atoms with Crippen molar-refractivity contribution in [2.75, 3.05) is 25.0 Å². The Hall–Kier alpha value is -2.66. The molecule has 0 saturated carbocycles. The molecule has 1 aliphatic heterocycles. The highest BCUT2D eigenvalue weighted by molar-refractivity contribution is 6.07. The van der Waals surface area contributed by atoms with Crippen LogP contribution in [0.25, 0.3) is 0 Å². The van der Waals surface area contributed by atoms with E-state index in [0.29, 0.717) is 24.2 Å². The smallest absolute Gasteiger partial charge is 0.258 e. The first kappa shape index (κ1) is 19.1. The summed E-state index contributed by atoms with van der Waals surface area (Å²) in [6.45, 7) is 5.44. The predicted molar refractivity (Wildman–Crippen MR) is 108 cm³/mol. The molecule has 1 fully saturated rings. The van der Waals surface area contributed by atoms with E-state index < -0.39 is 0 Å². The van der Waals surface area contributed by atoms with Crippen LogP contribution in [0.3, 0.4) is 0 Å². The number of nitrogens with zero attached hydrogens (tertiary/aromatic N) is 2. The van der Waals surface area contributed by atoms with Crippen LogP contribution in [0, 0.1) is 5.41 Å². The fraction of sp³-hybridized carbons (Fsp3) is 0.364. The Bertz CT molecular complexity index is 832. The molecule has 5 nitrogen and oxygen atoms in total. The van der Waals surface area contributed by atoms with Crippen LogP contribution in [-0.2, 0) is 0 Å². The molecular formula is C22H27N3O2. The van der Waals surface area contributed by atoms with Crippen LogP contribution in [-0.4, -0.2) is 42.9 Å². The fourth-order valence-electron chi connectivity index (χ4n) is 3.48. The monoisotopic (exact) mass is 365 g/mol. The number of benzene rings is 2. The highest BCUT2D eigenvalue weighted by atomic mass is 16.2. The second-order valence-corrected chi connectivity index (χ2v) is 7.89. The normalized spacial score (nSPS) is 18.8. The number of para-hydroxylation sites is 1. The zero-order valence-electron chi connectivity index (χ0n) is 16.2. The van der Waals surface area contributed by atoms with Gasteiger partial charge in [-0.05, 0) is 42.2 Å². The van der Waals surface area contributed by atoms with Gasteiger partial charge in [-0.2, -0.15) is 0 Å². The maximum Gasteiger partial charge on any atom is 0.258 e. The molecule has 0 aliphatic carbocycles. The van der Waals surface area contributed by atoms with Crippen molar-refractivity contribution in [3.05, 3.63) is 65.7 Å². The highest BCUT2D eigenvalue weighted by Crippen LogP contribution is 2.28. The molecule has 2 N–H and O–H groups in total. The molecule has 1 saturated heterocycles. The Kier molecular flexibility index (Phi) is 5.33. The van der Waals surface area contributed by atoms with Crippen LogP contribution in [0.15, 0.2) is 54.6 Å². The van der Waals surface area contributed by atoms with Crippen molar-refractivity contribution in [1.29, 1.82) is 0 Å². The highest BCUT2D eigenvalue weighted by Gasteiger charge is 2.35. The molecule has 1 aliphatic rings. The molecule has 5 heteroatoms.